The number of rotatable bonds is 4. The Balaban J connectivity index is 1.60. The molecule has 0 saturated carbocycles. The van der Waals surface area contributed by atoms with E-state index in [-0.39, 0.29) is 23.3 Å². The van der Waals surface area contributed by atoms with Gasteiger partial charge in [0.05, 0.1) is 17.4 Å². The number of pyridine rings is 1. The lowest BCUT2D eigenvalue weighted by atomic mass is 10.1. The lowest BCUT2D eigenvalue weighted by molar-refractivity contribution is -0.138. The minimum atomic E-state index is -4.80. The Morgan fingerprint density at radius 2 is 1.88 bits per heavy atom. The second-order valence-electron chi connectivity index (χ2n) is 8.03. The average molecular weight is 490 g/mol. The second-order valence-corrected chi connectivity index (χ2v) is 8.39. The molecule has 1 aromatic heterocycles. The number of ether oxygens (including phenoxy) is 1. The molecular formula is C23H22F3N5O2S. The number of piperidine rings is 1. The van der Waals surface area contributed by atoms with E-state index in [1.807, 2.05) is 24.3 Å². The third kappa shape index (κ3) is 5.13. The van der Waals surface area contributed by atoms with E-state index in [1.165, 1.54) is 6.07 Å². The third-order valence-electron chi connectivity index (χ3n) is 5.72. The molecule has 0 radical (unpaired) electrons. The van der Waals surface area contributed by atoms with Crippen LogP contribution in [0.5, 0.6) is 5.75 Å². The van der Waals surface area contributed by atoms with E-state index in [9.17, 15) is 18.0 Å². The zero-order valence-corrected chi connectivity index (χ0v) is 19.0. The summed E-state index contributed by atoms with van der Waals surface area (Å²) in [6.45, 7) is 2.25. The number of hydrogen-bond acceptors (Lipinski definition) is 6. The average Bonchev–Trinajstić information content (AvgIpc) is 2.97. The van der Waals surface area contributed by atoms with Gasteiger partial charge in [-0.25, -0.2) is 4.98 Å². The lowest BCUT2D eigenvalue weighted by Crippen LogP contribution is -2.44. The quantitative estimate of drug-likeness (QED) is 0.650. The van der Waals surface area contributed by atoms with Crippen LogP contribution in [0.3, 0.4) is 0 Å². The van der Waals surface area contributed by atoms with Crippen molar-refractivity contribution < 1.29 is 22.7 Å². The molecule has 1 N–H and O–H groups in total. The molecule has 11 heteroatoms. The van der Waals surface area contributed by atoms with Crippen LogP contribution in [-0.4, -0.2) is 41.7 Å². The maximum absolute atomic E-state index is 13.5. The third-order valence-corrected chi connectivity index (χ3v) is 6.13. The summed E-state index contributed by atoms with van der Waals surface area (Å²) in [6.07, 6.45) is -1.16. The largest absolute Gasteiger partial charge is 0.490 e. The summed E-state index contributed by atoms with van der Waals surface area (Å²) in [7, 11) is 0. The Morgan fingerprint density at radius 3 is 2.53 bits per heavy atom. The van der Waals surface area contributed by atoms with Crippen molar-refractivity contribution in [3.63, 3.8) is 0 Å². The molecule has 1 amide bonds. The molecule has 34 heavy (non-hydrogen) atoms. The molecule has 0 spiro atoms. The zero-order valence-electron chi connectivity index (χ0n) is 18.1. The Kier molecular flexibility index (Phi) is 7.00. The maximum Gasteiger partial charge on any atom is 0.419 e. The highest BCUT2D eigenvalue weighted by Crippen LogP contribution is 2.35. The Hall–Kier alpha value is -3.23. The molecule has 4 rings (SSSR count). The molecule has 0 bridgehead atoms. The normalized spacial score (nSPS) is 17.9. The molecule has 178 valence electrons. The number of aromatic nitrogens is 1. The highest BCUT2D eigenvalue weighted by Gasteiger charge is 2.37. The summed E-state index contributed by atoms with van der Waals surface area (Å²) < 4.78 is 46.4. The molecule has 3 heterocycles. The number of nitrogens with zero attached hydrogens (tertiary/aromatic N) is 4. The number of carbonyl (C=O) groups excluding carboxylic acids is 1. The van der Waals surface area contributed by atoms with Crippen LogP contribution in [0.4, 0.5) is 24.5 Å². The van der Waals surface area contributed by atoms with Crippen LogP contribution in [-0.2, 0) is 11.0 Å². The van der Waals surface area contributed by atoms with Gasteiger partial charge in [0.2, 0.25) is 5.91 Å². The fourth-order valence-corrected chi connectivity index (χ4v) is 4.41. The fourth-order valence-electron chi connectivity index (χ4n) is 4.01. The molecule has 7 nitrogen and oxygen atoms in total. The van der Waals surface area contributed by atoms with Gasteiger partial charge in [-0.2, -0.15) is 18.4 Å². The van der Waals surface area contributed by atoms with Gasteiger partial charge in [-0.05, 0) is 74.9 Å². The number of halogens is 3. The molecule has 2 saturated heterocycles. The molecule has 2 aliphatic heterocycles. The van der Waals surface area contributed by atoms with Crippen LogP contribution in [0.2, 0.25) is 0 Å². The first kappa shape index (κ1) is 23.9. The van der Waals surface area contributed by atoms with Gasteiger partial charge in [-0.3, -0.25) is 9.69 Å². The topological polar surface area (TPSA) is 81.5 Å². The number of hydrogen-bond donors (Lipinski definition) is 1. The van der Waals surface area contributed by atoms with Crippen molar-refractivity contribution in [3.8, 4) is 11.8 Å². The first-order chi connectivity index (χ1) is 16.3. The van der Waals surface area contributed by atoms with Crippen molar-refractivity contribution in [3.05, 3.63) is 47.8 Å². The van der Waals surface area contributed by atoms with Gasteiger partial charge in [0, 0.05) is 18.7 Å². The standard InChI is InChI=1S/C23H22F3N5O2S/c24-23(25,26)19-12-16(14-29-20(19)13-27)31-21(32)2-1-11-30(22(31)34)15-3-5-17(6-4-15)33-18-7-9-28-10-8-18/h3-6,12,14,18,28H,1-2,7-11H2. The SMILES string of the molecule is N#Cc1ncc(N2C(=O)CCCN(c3ccc(OC4CCNCC4)cc3)C2=S)cc1C(F)(F)F. The monoisotopic (exact) mass is 489 g/mol. The van der Waals surface area contributed by atoms with E-state index in [2.05, 4.69) is 10.3 Å². The molecule has 2 aliphatic rings. The number of nitrogens with one attached hydrogen (secondary N) is 1. The second kappa shape index (κ2) is 9.95. The van der Waals surface area contributed by atoms with Gasteiger partial charge in [0.1, 0.15) is 17.9 Å². The van der Waals surface area contributed by atoms with E-state index in [0.717, 1.165) is 48.8 Å². The van der Waals surface area contributed by atoms with E-state index in [4.69, 9.17) is 22.2 Å². The minimum Gasteiger partial charge on any atom is -0.490 e. The maximum atomic E-state index is 13.5. The number of benzene rings is 1. The van der Waals surface area contributed by atoms with Crippen molar-refractivity contribution in [2.24, 2.45) is 0 Å². The smallest absolute Gasteiger partial charge is 0.419 e. The van der Waals surface area contributed by atoms with E-state index < -0.39 is 23.3 Å². The van der Waals surface area contributed by atoms with Crippen LogP contribution in [0.15, 0.2) is 36.5 Å². The highest BCUT2D eigenvalue weighted by atomic mass is 32.1. The van der Waals surface area contributed by atoms with Crippen molar-refractivity contribution in [1.29, 1.82) is 5.26 Å². The predicted octanol–water partition coefficient (Wildman–Crippen LogP) is 4.02. The number of nitriles is 1. The molecule has 2 fully saturated rings. The molecule has 2 aromatic rings. The van der Waals surface area contributed by atoms with E-state index >= 15 is 0 Å². The Bertz CT molecular complexity index is 1110. The summed E-state index contributed by atoms with van der Waals surface area (Å²) in [5.74, 6) is 0.286. The predicted molar refractivity (Wildman–Crippen MR) is 124 cm³/mol. The Labute approximate surface area is 200 Å². The van der Waals surface area contributed by atoms with Crippen molar-refractivity contribution in [2.45, 2.75) is 38.0 Å². The van der Waals surface area contributed by atoms with Crippen LogP contribution in [0.1, 0.15) is 36.9 Å². The van der Waals surface area contributed by atoms with Crippen molar-refractivity contribution in [2.75, 3.05) is 29.4 Å². The van der Waals surface area contributed by atoms with Crippen molar-refractivity contribution in [1.82, 2.24) is 10.3 Å². The summed E-state index contributed by atoms with van der Waals surface area (Å²) in [5, 5.41) is 12.3. The number of carbonyl (C=O) groups is 1. The molecular weight excluding hydrogens is 467 g/mol. The number of alkyl halides is 3. The first-order valence-corrected chi connectivity index (χ1v) is 11.3. The summed E-state index contributed by atoms with van der Waals surface area (Å²) in [4.78, 5) is 19.2. The van der Waals surface area contributed by atoms with Gasteiger partial charge in [0.15, 0.2) is 10.8 Å². The summed E-state index contributed by atoms with van der Waals surface area (Å²) >= 11 is 5.56. The van der Waals surface area contributed by atoms with Gasteiger partial charge < -0.3 is 15.0 Å². The van der Waals surface area contributed by atoms with Crippen LogP contribution >= 0.6 is 12.2 Å². The minimum absolute atomic E-state index is 0.0501. The highest BCUT2D eigenvalue weighted by molar-refractivity contribution is 7.81. The van der Waals surface area contributed by atoms with Crippen molar-refractivity contribution >= 4 is 34.6 Å². The van der Waals surface area contributed by atoms with Gasteiger partial charge >= 0.3 is 6.18 Å². The van der Waals surface area contributed by atoms with Gasteiger partial charge in [-0.1, -0.05) is 0 Å². The van der Waals surface area contributed by atoms with Gasteiger partial charge in [0.25, 0.3) is 0 Å². The molecule has 0 unspecified atom stereocenters. The van der Waals surface area contributed by atoms with E-state index in [0.29, 0.717) is 18.7 Å². The number of thiocarbonyl (C=S) groups is 1. The fraction of sp³-hybridized carbons (Fsp3) is 0.391. The van der Waals surface area contributed by atoms with Crippen LogP contribution in [0, 0.1) is 11.3 Å². The van der Waals surface area contributed by atoms with Gasteiger partial charge in [-0.15, -0.1) is 0 Å². The summed E-state index contributed by atoms with van der Waals surface area (Å²) in [5.41, 5.74) is -1.40. The summed E-state index contributed by atoms with van der Waals surface area (Å²) in [6, 6.07) is 9.46. The Morgan fingerprint density at radius 1 is 1.18 bits per heavy atom. The van der Waals surface area contributed by atoms with Crippen LogP contribution in [0.25, 0.3) is 0 Å². The van der Waals surface area contributed by atoms with E-state index in [1.54, 1.807) is 4.90 Å². The number of amides is 1. The lowest BCUT2D eigenvalue weighted by Gasteiger charge is -2.30. The molecule has 0 atom stereocenters. The zero-order chi connectivity index (χ0) is 24.3. The first-order valence-electron chi connectivity index (χ1n) is 10.9. The molecule has 0 aliphatic carbocycles. The molecule has 1 aromatic carbocycles. The number of anilines is 2. The van der Waals surface area contributed by atoms with Crippen LogP contribution < -0.4 is 19.9 Å².